The highest BCUT2D eigenvalue weighted by Gasteiger charge is 2.33. The van der Waals surface area contributed by atoms with Gasteiger partial charge in [0.15, 0.2) is 17.3 Å². The van der Waals surface area contributed by atoms with E-state index in [1.54, 1.807) is 18.3 Å². The van der Waals surface area contributed by atoms with Crippen LogP contribution in [0.3, 0.4) is 0 Å². The van der Waals surface area contributed by atoms with Crippen molar-refractivity contribution >= 4 is 34.0 Å². The highest BCUT2D eigenvalue weighted by molar-refractivity contribution is 6.32. The lowest BCUT2D eigenvalue weighted by molar-refractivity contribution is 0.0968. The fourth-order valence-corrected chi connectivity index (χ4v) is 6.40. The number of likely N-dealkylation sites (tertiary alicyclic amines) is 1. The van der Waals surface area contributed by atoms with Crippen LogP contribution in [0.25, 0.3) is 22.0 Å². The number of hydrogen-bond donors (Lipinski definition) is 2. The number of benzene rings is 2. The van der Waals surface area contributed by atoms with E-state index >= 15 is 0 Å². The smallest absolute Gasteiger partial charge is 0.176 e. The Bertz CT molecular complexity index is 1390. The van der Waals surface area contributed by atoms with Crippen molar-refractivity contribution in [2.75, 3.05) is 32.1 Å². The second-order valence-electron chi connectivity index (χ2n) is 11.4. The Kier molecular flexibility index (Phi) is 7.38. The number of phenolic OH excluding ortho intramolecular Hbond substituents is 1. The maximum atomic E-state index is 13.6. The number of carbonyl (C=O) groups is 1. The summed E-state index contributed by atoms with van der Waals surface area (Å²) in [7, 11) is 1.49. The molecule has 206 valence electrons. The van der Waals surface area contributed by atoms with Crippen LogP contribution in [-0.2, 0) is 0 Å². The molecule has 0 spiro atoms. The van der Waals surface area contributed by atoms with E-state index in [1.165, 1.54) is 7.11 Å². The van der Waals surface area contributed by atoms with E-state index in [-0.39, 0.29) is 28.5 Å². The maximum absolute atomic E-state index is 13.6. The standard InChI is InChI=1S/C31H35ClFN3O3/c1-39-28-14-21(13-26(32)31(28)38)20-6-9-27-24(12-20)29(25(15-34-27)30(37)19-4-5-19)35-23-7-2-18(3-8-23)16-36-11-10-22(33)17-36/h6,9,12-15,18-19,22-23,38H,2-5,7-8,10-11,16-17H2,1H3,(H,34,35)/t18?,22-,23?/m1/s1. The van der Waals surface area contributed by atoms with Gasteiger partial charge in [-0.3, -0.25) is 9.78 Å². The summed E-state index contributed by atoms with van der Waals surface area (Å²) in [4.78, 5) is 20.3. The van der Waals surface area contributed by atoms with E-state index in [9.17, 15) is 14.3 Å². The topological polar surface area (TPSA) is 74.7 Å². The Balaban J connectivity index is 1.29. The van der Waals surface area contributed by atoms with E-state index in [1.807, 2.05) is 18.2 Å². The lowest BCUT2D eigenvalue weighted by Crippen LogP contribution is -2.33. The predicted molar refractivity (Wildman–Crippen MR) is 153 cm³/mol. The molecule has 1 aliphatic heterocycles. The first-order valence-electron chi connectivity index (χ1n) is 14.1. The third kappa shape index (κ3) is 5.57. The van der Waals surface area contributed by atoms with Crippen LogP contribution in [0.5, 0.6) is 11.5 Å². The Hall–Kier alpha value is -2.90. The van der Waals surface area contributed by atoms with Crippen LogP contribution >= 0.6 is 11.6 Å². The zero-order chi connectivity index (χ0) is 27.1. The average molecular weight is 552 g/mol. The monoisotopic (exact) mass is 551 g/mol. The van der Waals surface area contributed by atoms with Gasteiger partial charge in [-0.2, -0.15) is 0 Å². The number of carbonyl (C=O) groups excluding carboxylic acids is 1. The number of methoxy groups -OCH3 is 1. The molecule has 39 heavy (non-hydrogen) atoms. The zero-order valence-electron chi connectivity index (χ0n) is 22.3. The van der Waals surface area contributed by atoms with Crippen LogP contribution in [-0.4, -0.2) is 59.7 Å². The average Bonchev–Trinajstić information content (AvgIpc) is 3.72. The molecule has 2 saturated carbocycles. The first-order chi connectivity index (χ1) is 18.9. The lowest BCUT2D eigenvalue weighted by Gasteiger charge is -2.32. The van der Waals surface area contributed by atoms with Crippen LogP contribution in [0.2, 0.25) is 5.02 Å². The van der Waals surface area contributed by atoms with Gasteiger partial charge in [0.25, 0.3) is 0 Å². The number of ether oxygens (including phenoxy) is 1. The van der Waals surface area contributed by atoms with Crippen molar-refractivity contribution in [1.29, 1.82) is 0 Å². The molecule has 0 amide bonds. The fourth-order valence-electron chi connectivity index (χ4n) is 6.19. The van der Waals surface area contributed by atoms with Crippen LogP contribution < -0.4 is 10.1 Å². The second-order valence-corrected chi connectivity index (χ2v) is 11.8. The molecular weight excluding hydrogens is 517 g/mol. The number of ketones is 1. The molecule has 0 radical (unpaired) electrons. The van der Waals surface area contributed by atoms with Crippen molar-refractivity contribution in [1.82, 2.24) is 9.88 Å². The SMILES string of the molecule is COc1cc(-c2ccc3ncc(C(=O)C4CC4)c(NC4CCC(CN5CC[C@@H](F)C5)CC4)c3c2)cc(Cl)c1O. The van der Waals surface area contributed by atoms with Crippen molar-refractivity contribution in [2.24, 2.45) is 11.8 Å². The van der Waals surface area contributed by atoms with Crippen molar-refractivity contribution in [2.45, 2.75) is 57.2 Å². The summed E-state index contributed by atoms with van der Waals surface area (Å²) in [5.74, 6) is 1.06. The number of alkyl halides is 1. The van der Waals surface area contributed by atoms with E-state index < -0.39 is 6.17 Å². The van der Waals surface area contributed by atoms with Crippen LogP contribution in [0.1, 0.15) is 55.3 Å². The largest absolute Gasteiger partial charge is 0.503 e. The Morgan fingerprint density at radius 3 is 2.62 bits per heavy atom. The van der Waals surface area contributed by atoms with Gasteiger partial charge in [0.2, 0.25) is 0 Å². The molecule has 8 heteroatoms. The summed E-state index contributed by atoms with van der Waals surface area (Å²) in [5, 5.41) is 15.1. The Morgan fingerprint density at radius 2 is 1.92 bits per heavy atom. The third-order valence-electron chi connectivity index (χ3n) is 8.59. The number of anilines is 1. The molecular formula is C31H35ClFN3O3. The van der Waals surface area contributed by atoms with Gasteiger partial charge in [-0.1, -0.05) is 17.7 Å². The molecule has 1 saturated heterocycles. The number of pyridine rings is 1. The number of Topliss-reactive ketones (excluding diaryl/α,β-unsaturated/α-hetero) is 1. The van der Waals surface area contributed by atoms with Gasteiger partial charge in [-0.15, -0.1) is 0 Å². The molecule has 1 atom stereocenters. The van der Waals surface area contributed by atoms with Crippen molar-refractivity contribution in [3.63, 3.8) is 0 Å². The minimum Gasteiger partial charge on any atom is -0.503 e. The van der Waals surface area contributed by atoms with Crippen LogP contribution in [0.4, 0.5) is 10.1 Å². The lowest BCUT2D eigenvalue weighted by atomic mass is 9.85. The molecule has 0 bridgehead atoms. The molecule has 2 heterocycles. The predicted octanol–water partition coefficient (Wildman–Crippen LogP) is 6.88. The molecule has 0 unspecified atom stereocenters. The third-order valence-corrected chi connectivity index (χ3v) is 8.88. The molecule has 3 aliphatic rings. The van der Waals surface area contributed by atoms with Gasteiger partial charge in [0, 0.05) is 43.2 Å². The molecule has 1 aromatic heterocycles. The van der Waals surface area contributed by atoms with Gasteiger partial charge in [0.1, 0.15) is 6.17 Å². The normalized spacial score (nSPS) is 23.7. The number of fused-ring (bicyclic) bond motifs is 1. The van der Waals surface area contributed by atoms with Crippen molar-refractivity contribution in [3.8, 4) is 22.6 Å². The quantitative estimate of drug-likeness (QED) is 0.297. The van der Waals surface area contributed by atoms with Crippen LogP contribution in [0.15, 0.2) is 36.5 Å². The van der Waals surface area contributed by atoms with E-state index in [0.717, 1.165) is 79.3 Å². The summed E-state index contributed by atoms with van der Waals surface area (Å²) >= 11 is 6.29. The molecule has 2 aromatic carbocycles. The zero-order valence-corrected chi connectivity index (χ0v) is 23.0. The summed E-state index contributed by atoms with van der Waals surface area (Å²) < 4.78 is 18.9. The molecule has 3 aromatic rings. The van der Waals surface area contributed by atoms with Gasteiger partial charge >= 0.3 is 0 Å². The number of nitrogens with one attached hydrogen (secondary N) is 1. The van der Waals surface area contributed by atoms with Crippen LogP contribution in [0, 0.1) is 11.8 Å². The molecule has 2 aliphatic carbocycles. The molecule has 6 rings (SSSR count). The number of hydrogen-bond acceptors (Lipinski definition) is 6. The van der Waals surface area contributed by atoms with Gasteiger partial charge < -0.3 is 20.1 Å². The van der Waals surface area contributed by atoms with Gasteiger partial charge in [0.05, 0.1) is 28.9 Å². The first-order valence-corrected chi connectivity index (χ1v) is 14.4. The minimum atomic E-state index is -0.672. The number of halogens is 2. The molecule has 6 nitrogen and oxygen atoms in total. The summed E-state index contributed by atoms with van der Waals surface area (Å²) in [6.45, 7) is 2.43. The molecule has 3 fully saturated rings. The number of phenols is 1. The maximum Gasteiger partial charge on any atom is 0.176 e. The Labute approximate surface area is 233 Å². The fraction of sp³-hybridized carbons (Fsp3) is 0.484. The number of aromatic hydroxyl groups is 1. The Morgan fingerprint density at radius 1 is 1.13 bits per heavy atom. The highest BCUT2D eigenvalue weighted by atomic mass is 35.5. The summed E-state index contributed by atoms with van der Waals surface area (Å²) in [6.07, 6.45) is 7.81. The van der Waals surface area contributed by atoms with Gasteiger partial charge in [-0.25, -0.2) is 4.39 Å². The van der Waals surface area contributed by atoms with E-state index in [0.29, 0.717) is 30.2 Å². The highest BCUT2D eigenvalue weighted by Crippen LogP contribution is 2.41. The summed E-state index contributed by atoms with van der Waals surface area (Å²) in [5.41, 5.74) is 4.04. The van der Waals surface area contributed by atoms with E-state index in [2.05, 4.69) is 15.2 Å². The van der Waals surface area contributed by atoms with Gasteiger partial charge in [-0.05, 0) is 86.3 Å². The summed E-state index contributed by atoms with van der Waals surface area (Å²) in [6, 6.07) is 9.71. The number of nitrogens with zero attached hydrogens (tertiary/aromatic N) is 2. The molecule has 2 N–H and O–H groups in total. The van der Waals surface area contributed by atoms with E-state index in [4.69, 9.17) is 16.3 Å². The number of aromatic nitrogens is 1. The van der Waals surface area contributed by atoms with Crippen molar-refractivity contribution < 1.29 is 19.0 Å². The minimum absolute atomic E-state index is 0.0867. The first kappa shape index (κ1) is 26.3. The van der Waals surface area contributed by atoms with Crippen molar-refractivity contribution in [3.05, 3.63) is 47.1 Å². The second kappa shape index (κ2) is 10.9. The number of rotatable bonds is 8.